The molecule has 0 unspecified atom stereocenters. The molecule has 0 atom stereocenters. The minimum atomic E-state index is -3.96. The second-order valence-electron chi connectivity index (χ2n) is 3.41. The maximum atomic E-state index is 12.2. The molecule has 1 fully saturated rings. The van der Waals surface area contributed by atoms with E-state index >= 15 is 0 Å². The Morgan fingerprint density at radius 3 is 1.92 bits per heavy atom. The molecule has 0 aromatic carbocycles. The van der Waals surface area contributed by atoms with Gasteiger partial charge in [0.15, 0.2) is 0 Å². The molecule has 0 radical (unpaired) electrons. The molecule has 12 heavy (non-hydrogen) atoms. The van der Waals surface area contributed by atoms with Crippen LogP contribution in [0.2, 0.25) is 0 Å². The van der Waals surface area contributed by atoms with E-state index in [-0.39, 0.29) is 0 Å². The zero-order valence-corrected chi connectivity index (χ0v) is 8.29. The molecule has 1 saturated carbocycles. The SMILES string of the molecule is FC(F)(F)[C@H]1CC[C@H](CBr)CC1. The average Bonchev–Trinajstić information content (AvgIpc) is 2.03. The molecule has 0 saturated heterocycles. The molecule has 72 valence electrons. The van der Waals surface area contributed by atoms with Gasteiger partial charge in [-0.15, -0.1) is 0 Å². The fourth-order valence-corrected chi connectivity index (χ4v) is 2.29. The standard InChI is InChI=1S/C8H12BrF3/c9-5-6-1-3-7(4-2-6)8(10,11)12/h6-7H,1-5H2/t6-,7-. The van der Waals surface area contributed by atoms with Gasteiger partial charge in [0, 0.05) is 5.33 Å². The van der Waals surface area contributed by atoms with E-state index in [2.05, 4.69) is 15.9 Å². The summed E-state index contributed by atoms with van der Waals surface area (Å²) in [4.78, 5) is 0. The number of hydrogen-bond acceptors (Lipinski definition) is 0. The van der Waals surface area contributed by atoms with Crippen molar-refractivity contribution in [1.29, 1.82) is 0 Å². The van der Waals surface area contributed by atoms with Crippen LogP contribution in [0.15, 0.2) is 0 Å². The van der Waals surface area contributed by atoms with Crippen LogP contribution in [0.4, 0.5) is 13.2 Å². The minimum absolute atomic E-state index is 0.319. The summed E-state index contributed by atoms with van der Waals surface area (Å²) in [6, 6.07) is 0. The zero-order valence-electron chi connectivity index (χ0n) is 6.70. The maximum Gasteiger partial charge on any atom is 0.391 e. The summed E-state index contributed by atoms with van der Waals surface area (Å²) >= 11 is 3.30. The molecule has 1 aliphatic rings. The van der Waals surface area contributed by atoms with Gasteiger partial charge >= 0.3 is 6.18 Å². The van der Waals surface area contributed by atoms with Crippen LogP contribution in [0.25, 0.3) is 0 Å². The average molecular weight is 245 g/mol. The van der Waals surface area contributed by atoms with Crippen molar-refractivity contribution >= 4 is 15.9 Å². The lowest BCUT2D eigenvalue weighted by Crippen LogP contribution is -2.28. The lowest BCUT2D eigenvalue weighted by molar-refractivity contribution is -0.183. The first-order chi connectivity index (χ1) is 5.54. The van der Waals surface area contributed by atoms with Crippen LogP contribution in [0.5, 0.6) is 0 Å². The van der Waals surface area contributed by atoms with Gasteiger partial charge in [0.2, 0.25) is 0 Å². The Morgan fingerprint density at radius 1 is 1.08 bits per heavy atom. The van der Waals surface area contributed by atoms with Crippen molar-refractivity contribution in [2.24, 2.45) is 11.8 Å². The second-order valence-corrected chi connectivity index (χ2v) is 4.06. The quantitative estimate of drug-likeness (QED) is 0.617. The first-order valence-electron chi connectivity index (χ1n) is 4.16. The largest absolute Gasteiger partial charge is 0.391 e. The first kappa shape index (κ1) is 10.4. The van der Waals surface area contributed by atoms with Crippen LogP contribution < -0.4 is 0 Å². The molecule has 0 heterocycles. The summed E-state index contributed by atoms with van der Waals surface area (Å²) in [5, 5.41) is 0.845. The molecule has 0 spiro atoms. The molecule has 0 N–H and O–H groups in total. The Balaban J connectivity index is 2.36. The molecular weight excluding hydrogens is 233 g/mol. The fraction of sp³-hybridized carbons (Fsp3) is 1.00. The van der Waals surface area contributed by atoms with Gasteiger partial charge in [-0.3, -0.25) is 0 Å². The Morgan fingerprint density at radius 2 is 1.58 bits per heavy atom. The summed E-state index contributed by atoms with van der Waals surface area (Å²) in [5.74, 6) is -0.573. The molecule has 0 aliphatic heterocycles. The zero-order chi connectivity index (χ0) is 9.19. The summed E-state index contributed by atoms with van der Waals surface area (Å²) in [5.41, 5.74) is 0. The highest BCUT2D eigenvalue weighted by Crippen LogP contribution is 2.39. The summed E-state index contributed by atoms with van der Waals surface area (Å²) < 4.78 is 36.5. The van der Waals surface area contributed by atoms with E-state index in [1.54, 1.807) is 0 Å². The molecule has 0 amide bonds. The van der Waals surface area contributed by atoms with E-state index in [1.165, 1.54) is 0 Å². The predicted octanol–water partition coefficient (Wildman–Crippen LogP) is 3.75. The molecule has 0 aromatic rings. The van der Waals surface area contributed by atoms with E-state index in [1.807, 2.05) is 0 Å². The highest BCUT2D eigenvalue weighted by molar-refractivity contribution is 9.09. The Kier molecular flexibility index (Phi) is 3.44. The number of alkyl halides is 4. The third kappa shape index (κ3) is 2.64. The lowest BCUT2D eigenvalue weighted by Gasteiger charge is -2.28. The summed E-state index contributed by atoms with van der Waals surface area (Å²) in [6.45, 7) is 0. The fourth-order valence-electron chi connectivity index (χ4n) is 1.64. The molecule has 1 aliphatic carbocycles. The van der Waals surface area contributed by atoms with Gasteiger partial charge in [-0.05, 0) is 31.6 Å². The van der Waals surface area contributed by atoms with Crippen LogP contribution in [-0.4, -0.2) is 11.5 Å². The normalized spacial score (nSPS) is 32.0. The van der Waals surface area contributed by atoms with Crippen molar-refractivity contribution < 1.29 is 13.2 Å². The van der Waals surface area contributed by atoms with Crippen LogP contribution in [-0.2, 0) is 0 Å². The van der Waals surface area contributed by atoms with Crippen LogP contribution in [0.3, 0.4) is 0 Å². The van der Waals surface area contributed by atoms with Crippen LogP contribution >= 0.6 is 15.9 Å². The van der Waals surface area contributed by atoms with Gasteiger partial charge in [-0.2, -0.15) is 13.2 Å². The highest BCUT2D eigenvalue weighted by Gasteiger charge is 2.41. The predicted molar refractivity (Wildman–Crippen MR) is 45.3 cm³/mol. The Bertz CT molecular complexity index is 136. The lowest BCUT2D eigenvalue weighted by atomic mass is 9.83. The van der Waals surface area contributed by atoms with Gasteiger partial charge in [0.05, 0.1) is 5.92 Å². The minimum Gasteiger partial charge on any atom is -0.171 e. The molecule has 1 rings (SSSR count). The van der Waals surface area contributed by atoms with Crippen molar-refractivity contribution in [2.45, 2.75) is 31.9 Å². The summed E-state index contributed by atoms with van der Waals surface area (Å²) in [6.07, 6.45) is -1.89. The van der Waals surface area contributed by atoms with Gasteiger partial charge < -0.3 is 0 Å². The molecule has 0 nitrogen and oxygen atoms in total. The molecular formula is C8H12BrF3. The summed E-state index contributed by atoms with van der Waals surface area (Å²) in [7, 11) is 0. The number of hydrogen-bond donors (Lipinski definition) is 0. The first-order valence-corrected chi connectivity index (χ1v) is 5.29. The van der Waals surface area contributed by atoms with Crippen molar-refractivity contribution in [1.82, 2.24) is 0 Å². The smallest absolute Gasteiger partial charge is 0.171 e. The van der Waals surface area contributed by atoms with Crippen molar-refractivity contribution in [3.05, 3.63) is 0 Å². The van der Waals surface area contributed by atoms with Gasteiger partial charge in [0.1, 0.15) is 0 Å². The van der Waals surface area contributed by atoms with Gasteiger partial charge in [0.25, 0.3) is 0 Å². The van der Waals surface area contributed by atoms with E-state index in [0.29, 0.717) is 18.8 Å². The molecule has 0 bridgehead atoms. The van der Waals surface area contributed by atoms with E-state index in [4.69, 9.17) is 0 Å². The third-order valence-electron chi connectivity index (χ3n) is 2.53. The second kappa shape index (κ2) is 3.99. The van der Waals surface area contributed by atoms with Crippen molar-refractivity contribution in [2.75, 3.05) is 5.33 Å². The third-order valence-corrected chi connectivity index (χ3v) is 3.44. The van der Waals surface area contributed by atoms with Gasteiger partial charge in [-0.1, -0.05) is 15.9 Å². The Labute approximate surface area is 78.7 Å². The molecule has 4 heteroatoms. The van der Waals surface area contributed by atoms with Crippen LogP contribution in [0.1, 0.15) is 25.7 Å². The molecule has 0 aromatic heterocycles. The van der Waals surface area contributed by atoms with Crippen molar-refractivity contribution in [3.63, 3.8) is 0 Å². The highest BCUT2D eigenvalue weighted by atomic mass is 79.9. The monoisotopic (exact) mass is 244 g/mol. The van der Waals surface area contributed by atoms with E-state index < -0.39 is 12.1 Å². The van der Waals surface area contributed by atoms with Gasteiger partial charge in [-0.25, -0.2) is 0 Å². The van der Waals surface area contributed by atoms with E-state index in [9.17, 15) is 13.2 Å². The maximum absolute atomic E-state index is 12.2. The van der Waals surface area contributed by atoms with Crippen molar-refractivity contribution in [3.8, 4) is 0 Å². The Hall–Kier alpha value is 0.270. The van der Waals surface area contributed by atoms with E-state index in [0.717, 1.165) is 18.2 Å². The van der Waals surface area contributed by atoms with Crippen LogP contribution in [0, 0.1) is 11.8 Å². The topological polar surface area (TPSA) is 0 Å². The number of halogens is 4. The number of rotatable bonds is 1.